The molecule has 2 heterocycles. The van der Waals surface area contributed by atoms with Gasteiger partial charge in [-0.2, -0.15) is 0 Å². The van der Waals surface area contributed by atoms with Crippen molar-refractivity contribution in [2.75, 3.05) is 16.8 Å². The van der Waals surface area contributed by atoms with Gasteiger partial charge in [-0.25, -0.2) is 4.98 Å². The Morgan fingerprint density at radius 1 is 1.40 bits per heavy atom. The van der Waals surface area contributed by atoms with E-state index in [1.54, 1.807) is 11.3 Å². The summed E-state index contributed by atoms with van der Waals surface area (Å²) >= 11 is 5.11. The van der Waals surface area contributed by atoms with Crippen molar-refractivity contribution in [3.63, 3.8) is 0 Å². The molecule has 1 aromatic carbocycles. The zero-order chi connectivity index (χ0) is 14.1. The number of aryl methyl sites for hydroxylation is 1. The van der Waals surface area contributed by atoms with Crippen LogP contribution in [0.1, 0.15) is 11.4 Å². The molecule has 5 heteroatoms. The van der Waals surface area contributed by atoms with Crippen LogP contribution < -0.4 is 4.90 Å². The normalized spacial score (nSPS) is 18.8. The third-order valence-corrected chi connectivity index (χ3v) is 5.21. The molecule has 1 aliphatic rings. The maximum Gasteiger partial charge on any atom is 0.227 e. The summed E-state index contributed by atoms with van der Waals surface area (Å²) in [5.41, 5.74) is 3.08. The monoisotopic (exact) mass is 350 g/mol. The average Bonchev–Trinajstić information content (AvgIpc) is 3.05. The summed E-state index contributed by atoms with van der Waals surface area (Å²) in [7, 11) is 0. The fraction of sp³-hybridized carbons (Fsp3) is 0.333. The largest absolute Gasteiger partial charge is 0.312 e. The van der Waals surface area contributed by atoms with Crippen LogP contribution in [0.15, 0.2) is 29.6 Å². The lowest BCUT2D eigenvalue weighted by Crippen LogP contribution is -2.24. The van der Waals surface area contributed by atoms with Gasteiger partial charge in [-0.05, 0) is 25.0 Å². The minimum atomic E-state index is 0.215. The molecule has 3 nitrogen and oxygen atoms in total. The van der Waals surface area contributed by atoms with E-state index in [1.807, 2.05) is 36.1 Å². The number of nitrogens with zero attached hydrogens (tertiary/aromatic N) is 2. The molecule has 1 fully saturated rings. The van der Waals surface area contributed by atoms with Crippen LogP contribution in [0.25, 0.3) is 11.3 Å². The maximum absolute atomic E-state index is 12.0. The van der Waals surface area contributed by atoms with Crippen molar-refractivity contribution in [2.45, 2.75) is 13.3 Å². The van der Waals surface area contributed by atoms with E-state index in [1.165, 1.54) is 0 Å². The highest BCUT2D eigenvalue weighted by molar-refractivity contribution is 9.09. The molecule has 1 atom stereocenters. The van der Waals surface area contributed by atoms with Gasteiger partial charge >= 0.3 is 0 Å². The number of aromatic nitrogens is 1. The second-order valence-electron chi connectivity index (χ2n) is 5.03. The van der Waals surface area contributed by atoms with Gasteiger partial charge in [-0.3, -0.25) is 4.79 Å². The molecule has 0 saturated carbocycles. The van der Waals surface area contributed by atoms with Gasteiger partial charge < -0.3 is 4.90 Å². The Morgan fingerprint density at radius 2 is 2.15 bits per heavy atom. The van der Waals surface area contributed by atoms with E-state index in [0.717, 1.165) is 33.8 Å². The number of thiazole rings is 1. The molecule has 20 heavy (non-hydrogen) atoms. The van der Waals surface area contributed by atoms with E-state index in [-0.39, 0.29) is 5.91 Å². The summed E-state index contributed by atoms with van der Waals surface area (Å²) in [4.78, 5) is 18.4. The first-order valence-electron chi connectivity index (χ1n) is 6.56. The molecule has 2 aromatic rings. The molecular formula is C15H15BrN2OS. The quantitative estimate of drug-likeness (QED) is 0.787. The Kier molecular flexibility index (Phi) is 3.89. The lowest BCUT2D eigenvalue weighted by molar-refractivity contribution is -0.117. The van der Waals surface area contributed by atoms with Gasteiger partial charge in [0.25, 0.3) is 0 Å². The number of amides is 1. The zero-order valence-electron chi connectivity index (χ0n) is 11.2. The van der Waals surface area contributed by atoms with E-state index in [2.05, 4.69) is 26.3 Å². The molecule has 1 aromatic heterocycles. The second-order valence-corrected chi connectivity index (χ2v) is 6.74. The summed E-state index contributed by atoms with van der Waals surface area (Å²) in [5, 5.41) is 4.01. The number of benzene rings is 1. The Labute approximate surface area is 130 Å². The SMILES string of the molecule is Cc1nc(-c2ccc(N3CC(CBr)CC3=O)cc2)cs1. The third-order valence-electron chi connectivity index (χ3n) is 3.52. The number of carbonyl (C=O) groups excluding carboxylic acids is 1. The molecule has 0 bridgehead atoms. The minimum absolute atomic E-state index is 0.215. The maximum atomic E-state index is 12.0. The molecule has 104 valence electrons. The van der Waals surface area contributed by atoms with Gasteiger partial charge in [-0.15, -0.1) is 11.3 Å². The second kappa shape index (κ2) is 5.66. The number of rotatable bonds is 3. The molecule has 1 saturated heterocycles. The average molecular weight is 351 g/mol. The van der Waals surface area contributed by atoms with Gasteiger partial charge in [0.1, 0.15) is 0 Å². The van der Waals surface area contributed by atoms with Crippen molar-refractivity contribution < 1.29 is 4.79 Å². The van der Waals surface area contributed by atoms with Crippen molar-refractivity contribution in [1.82, 2.24) is 4.98 Å². The highest BCUT2D eigenvalue weighted by Gasteiger charge is 2.29. The number of carbonyl (C=O) groups is 1. The number of anilines is 1. The number of hydrogen-bond acceptors (Lipinski definition) is 3. The van der Waals surface area contributed by atoms with E-state index < -0.39 is 0 Å². The van der Waals surface area contributed by atoms with Gasteiger partial charge in [0.2, 0.25) is 5.91 Å². The molecule has 0 radical (unpaired) electrons. The number of hydrogen-bond donors (Lipinski definition) is 0. The van der Waals surface area contributed by atoms with E-state index in [4.69, 9.17) is 0 Å². The van der Waals surface area contributed by atoms with Gasteiger partial charge in [0.15, 0.2) is 0 Å². The molecule has 1 aliphatic heterocycles. The topological polar surface area (TPSA) is 33.2 Å². The van der Waals surface area contributed by atoms with Crippen LogP contribution in [-0.4, -0.2) is 22.8 Å². The lowest BCUT2D eigenvalue weighted by atomic mass is 10.1. The van der Waals surface area contributed by atoms with Crippen LogP contribution in [0, 0.1) is 12.8 Å². The summed E-state index contributed by atoms with van der Waals surface area (Å²) in [6.45, 7) is 2.81. The third kappa shape index (κ3) is 2.65. The van der Waals surface area contributed by atoms with E-state index >= 15 is 0 Å². The Bertz CT molecular complexity index is 623. The minimum Gasteiger partial charge on any atom is -0.312 e. The number of halogens is 1. The number of alkyl halides is 1. The predicted molar refractivity (Wildman–Crippen MR) is 86.5 cm³/mol. The van der Waals surface area contributed by atoms with Crippen molar-refractivity contribution in [1.29, 1.82) is 0 Å². The first kappa shape index (κ1) is 13.8. The first-order valence-corrected chi connectivity index (χ1v) is 8.56. The van der Waals surface area contributed by atoms with E-state index in [9.17, 15) is 4.79 Å². The van der Waals surface area contributed by atoms with Crippen LogP contribution in [0.5, 0.6) is 0 Å². The Morgan fingerprint density at radius 3 is 2.70 bits per heavy atom. The standard InChI is InChI=1S/C15H15BrN2OS/c1-10-17-14(9-20-10)12-2-4-13(5-3-12)18-8-11(7-16)6-15(18)19/h2-5,9,11H,6-8H2,1H3. The zero-order valence-corrected chi connectivity index (χ0v) is 13.6. The highest BCUT2D eigenvalue weighted by atomic mass is 79.9. The molecule has 3 rings (SSSR count). The lowest BCUT2D eigenvalue weighted by Gasteiger charge is -2.16. The first-order chi connectivity index (χ1) is 9.67. The van der Waals surface area contributed by atoms with Crippen molar-refractivity contribution >= 4 is 38.9 Å². The Hall–Kier alpha value is -1.20. The predicted octanol–water partition coefficient (Wildman–Crippen LogP) is 3.87. The fourth-order valence-corrected chi connectivity index (χ4v) is 3.50. The van der Waals surface area contributed by atoms with Gasteiger partial charge in [-0.1, -0.05) is 28.1 Å². The molecule has 1 unspecified atom stereocenters. The summed E-state index contributed by atoms with van der Waals surface area (Å²) < 4.78 is 0. The molecule has 0 N–H and O–H groups in total. The summed E-state index contributed by atoms with van der Waals surface area (Å²) in [6.07, 6.45) is 0.637. The van der Waals surface area contributed by atoms with Crippen LogP contribution in [0.2, 0.25) is 0 Å². The molecular weight excluding hydrogens is 336 g/mol. The summed E-state index contributed by atoms with van der Waals surface area (Å²) in [5.74, 6) is 0.634. The van der Waals surface area contributed by atoms with E-state index in [0.29, 0.717) is 12.3 Å². The molecule has 0 spiro atoms. The van der Waals surface area contributed by atoms with Crippen LogP contribution in [0.3, 0.4) is 0 Å². The molecule has 0 aliphatic carbocycles. The van der Waals surface area contributed by atoms with Crippen LogP contribution >= 0.6 is 27.3 Å². The Balaban J connectivity index is 1.81. The van der Waals surface area contributed by atoms with Crippen LogP contribution in [-0.2, 0) is 4.79 Å². The fourth-order valence-electron chi connectivity index (χ4n) is 2.44. The van der Waals surface area contributed by atoms with Gasteiger partial charge in [0, 0.05) is 34.9 Å². The van der Waals surface area contributed by atoms with Crippen LogP contribution in [0.4, 0.5) is 5.69 Å². The highest BCUT2D eigenvalue weighted by Crippen LogP contribution is 2.29. The van der Waals surface area contributed by atoms with Crippen molar-refractivity contribution in [3.05, 3.63) is 34.7 Å². The van der Waals surface area contributed by atoms with Crippen molar-refractivity contribution in [2.24, 2.45) is 5.92 Å². The smallest absolute Gasteiger partial charge is 0.227 e. The van der Waals surface area contributed by atoms with Gasteiger partial charge in [0.05, 0.1) is 10.7 Å². The summed E-state index contributed by atoms with van der Waals surface area (Å²) in [6, 6.07) is 8.11. The van der Waals surface area contributed by atoms with Crippen molar-refractivity contribution in [3.8, 4) is 11.3 Å². The molecule has 1 amide bonds.